The number of aliphatic hydroxyl groups excluding tert-OH is 1. The van der Waals surface area contributed by atoms with Gasteiger partial charge in [-0.15, -0.1) is 0 Å². The average Bonchev–Trinajstić information content (AvgIpc) is 2.80. The maximum Gasteiger partial charge on any atom is 0.242 e. The van der Waals surface area contributed by atoms with Gasteiger partial charge in [-0.1, -0.05) is 18.2 Å². The molecule has 3 N–H and O–H groups in total. The lowest BCUT2D eigenvalue weighted by molar-refractivity contribution is -0.122. The normalized spacial score (nSPS) is 18.9. The number of aliphatic hydroxyl groups is 1. The van der Waals surface area contributed by atoms with Gasteiger partial charge in [0.2, 0.25) is 5.91 Å². The molecule has 98 valence electrons. The monoisotopic (exact) mass is 250 g/mol. The smallest absolute Gasteiger partial charge is 0.242 e. The Morgan fingerprint density at radius 1 is 1.61 bits per heavy atom. The van der Waals surface area contributed by atoms with Crippen LogP contribution in [0.5, 0.6) is 0 Å². The highest BCUT2D eigenvalue weighted by molar-refractivity contribution is 5.87. The molecule has 0 spiro atoms. The lowest BCUT2D eigenvalue weighted by Gasteiger charge is -2.14. The van der Waals surface area contributed by atoms with Gasteiger partial charge in [0.25, 0.3) is 0 Å². The minimum atomic E-state index is -0.664. The van der Waals surface area contributed by atoms with Gasteiger partial charge in [-0.05, 0) is 11.6 Å². The van der Waals surface area contributed by atoms with E-state index in [1.165, 1.54) is 7.11 Å². The molecule has 5 nitrogen and oxygen atoms in total. The number of hydrogen-bond donors (Lipinski definition) is 3. The van der Waals surface area contributed by atoms with Gasteiger partial charge >= 0.3 is 0 Å². The Labute approximate surface area is 106 Å². The van der Waals surface area contributed by atoms with Crippen molar-refractivity contribution in [2.45, 2.75) is 18.6 Å². The second kappa shape index (κ2) is 5.84. The Hall–Kier alpha value is -1.59. The number of hydrogen-bond acceptors (Lipinski definition) is 4. The third-order valence-corrected chi connectivity index (χ3v) is 2.96. The summed E-state index contributed by atoms with van der Waals surface area (Å²) in [5.74, 6) is -0.0960. The molecule has 0 saturated heterocycles. The van der Waals surface area contributed by atoms with Crippen LogP contribution in [0, 0.1) is 0 Å². The predicted octanol–water partition coefficient (Wildman–Crippen LogP) is 0.147. The van der Waals surface area contributed by atoms with Gasteiger partial charge in [0.05, 0.1) is 12.7 Å². The number of anilines is 1. The second-order valence-electron chi connectivity index (χ2n) is 4.41. The summed E-state index contributed by atoms with van der Waals surface area (Å²) in [6.07, 6.45) is 0.0188. The van der Waals surface area contributed by atoms with E-state index < -0.39 is 6.10 Å². The number of rotatable bonds is 5. The van der Waals surface area contributed by atoms with Crippen LogP contribution in [0.15, 0.2) is 24.3 Å². The molecular weight excluding hydrogens is 232 g/mol. The third kappa shape index (κ3) is 3.00. The summed E-state index contributed by atoms with van der Waals surface area (Å²) in [6, 6.07) is 7.62. The molecule has 2 rings (SSSR count). The molecule has 2 atom stereocenters. The van der Waals surface area contributed by atoms with Crippen LogP contribution >= 0.6 is 0 Å². The van der Waals surface area contributed by atoms with E-state index in [4.69, 9.17) is 4.74 Å². The summed E-state index contributed by atoms with van der Waals surface area (Å²) in [7, 11) is 1.51. The van der Waals surface area contributed by atoms with Crippen LogP contribution in [-0.4, -0.2) is 43.4 Å². The average molecular weight is 250 g/mol. The molecule has 1 heterocycles. The van der Waals surface area contributed by atoms with Crippen molar-refractivity contribution in [2.24, 2.45) is 0 Å². The Morgan fingerprint density at radius 3 is 3.11 bits per heavy atom. The number of ether oxygens (including phenoxy) is 1. The quantitative estimate of drug-likeness (QED) is 0.695. The Balaban J connectivity index is 1.82. The molecule has 0 fully saturated rings. The summed E-state index contributed by atoms with van der Waals surface area (Å²) < 4.78 is 4.80. The van der Waals surface area contributed by atoms with Crippen LogP contribution in [0.1, 0.15) is 5.56 Å². The molecule has 0 radical (unpaired) electrons. The SMILES string of the molecule is COCC(O)CNC(=O)[C@@H]1Cc2ccccc2N1. The summed E-state index contributed by atoms with van der Waals surface area (Å²) in [6.45, 7) is 0.430. The minimum absolute atomic E-state index is 0.0960. The van der Waals surface area contributed by atoms with Gasteiger partial charge in [0.15, 0.2) is 0 Å². The zero-order valence-corrected chi connectivity index (χ0v) is 10.3. The number of amides is 1. The molecule has 0 bridgehead atoms. The van der Waals surface area contributed by atoms with E-state index in [2.05, 4.69) is 10.6 Å². The van der Waals surface area contributed by atoms with E-state index in [9.17, 15) is 9.90 Å². The standard InChI is InChI=1S/C13H18N2O3/c1-18-8-10(16)7-14-13(17)12-6-9-4-2-3-5-11(9)15-12/h2-5,10,12,15-16H,6-8H2,1H3,(H,14,17)/t10?,12-/m0/s1. The summed E-state index contributed by atoms with van der Waals surface area (Å²) in [5.41, 5.74) is 2.16. The molecule has 1 amide bonds. The predicted molar refractivity (Wildman–Crippen MR) is 68.4 cm³/mol. The largest absolute Gasteiger partial charge is 0.389 e. The van der Waals surface area contributed by atoms with Crippen molar-refractivity contribution in [3.63, 3.8) is 0 Å². The molecule has 1 aromatic carbocycles. The van der Waals surface area contributed by atoms with Crippen LogP contribution in [0.4, 0.5) is 5.69 Å². The molecule has 0 saturated carbocycles. The molecule has 0 aromatic heterocycles. The van der Waals surface area contributed by atoms with Gasteiger partial charge in [-0.3, -0.25) is 4.79 Å². The molecule has 0 aliphatic carbocycles. The van der Waals surface area contributed by atoms with E-state index >= 15 is 0 Å². The van der Waals surface area contributed by atoms with Gasteiger partial charge in [0, 0.05) is 25.8 Å². The molecule has 1 aliphatic rings. The molecular formula is C13H18N2O3. The van der Waals surface area contributed by atoms with Crippen molar-refractivity contribution < 1.29 is 14.6 Å². The van der Waals surface area contributed by atoms with Crippen molar-refractivity contribution in [3.8, 4) is 0 Å². The van der Waals surface area contributed by atoms with Crippen LogP contribution in [0.2, 0.25) is 0 Å². The highest BCUT2D eigenvalue weighted by atomic mass is 16.5. The van der Waals surface area contributed by atoms with Crippen molar-refractivity contribution in [3.05, 3.63) is 29.8 Å². The zero-order valence-electron chi connectivity index (χ0n) is 10.3. The first-order valence-electron chi connectivity index (χ1n) is 6.00. The first-order valence-corrected chi connectivity index (χ1v) is 6.00. The number of carbonyl (C=O) groups excluding carboxylic acids is 1. The van der Waals surface area contributed by atoms with Crippen LogP contribution in [0.3, 0.4) is 0 Å². The first-order chi connectivity index (χ1) is 8.70. The van der Waals surface area contributed by atoms with E-state index in [0.717, 1.165) is 11.3 Å². The van der Waals surface area contributed by atoms with Gasteiger partial charge in [0.1, 0.15) is 6.04 Å². The fraction of sp³-hybridized carbons (Fsp3) is 0.462. The van der Waals surface area contributed by atoms with Crippen molar-refractivity contribution in [1.82, 2.24) is 5.32 Å². The fourth-order valence-corrected chi connectivity index (χ4v) is 2.05. The molecule has 5 heteroatoms. The van der Waals surface area contributed by atoms with Crippen molar-refractivity contribution >= 4 is 11.6 Å². The van der Waals surface area contributed by atoms with Crippen molar-refractivity contribution in [1.29, 1.82) is 0 Å². The molecule has 1 aliphatic heterocycles. The second-order valence-corrected chi connectivity index (χ2v) is 4.41. The highest BCUT2D eigenvalue weighted by Crippen LogP contribution is 2.24. The van der Waals surface area contributed by atoms with Gasteiger partial charge in [-0.25, -0.2) is 0 Å². The highest BCUT2D eigenvalue weighted by Gasteiger charge is 2.26. The number of para-hydroxylation sites is 1. The molecule has 1 aromatic rings. The number of benzene rings is 1. The van der Waals surface area contributed by atoms with Crippen molar-refractivity contribution in [2.75, 3.05) is 25.6 Å². The number of carbonyl (C=O) groups is 1. The van der Waals surface area contributed by atoms with Crippen LogP contribution in [-0.2, 0) is 16.0 Å². The molecule has 1 unspecified atom stereocenters. The Morgan fingerprint density at radius 2 is 2.39 bits per heavy atom. The number of methoxy groups -OCH3 is 1. The Kier molecular flexibility index (Phi) is 4.17. The fourth-order valence-electron chi connectivity index (χ4n) is 2.05. The van der Waals surface area contributed by atoms with E-state index in [1.807, 2.05) is 24.3 Å². The van der Waals surface area contributed by atoms with E-state index in [-0.39, 0.29) is 25.1 Å². The minimum Gasteiger partial charge on any atom is -0.389 e. The Bertz CT molecular complexity index is 397. The lowest BCUT2D eigenvalue weighted by Crippen LogP contribution is -2.42. The zero-order chi connectivity index (χ0) is 13.0. The first kappa shape index (κ1) is 12.9. The molecule has 18 heavy (non-hydrogen) atoms. The maximum absolute atomic E-state index is 11.9. The lowest BCUT2D eigenvalue weighted by atomic mass is 10.1. The van der Waals surface area contributed by atoms with Crippen LogP contribution < -0.4 is 10.6 Å². The summed E-state index contributed by atoms with van der Waals surface area (Å²) in [5, 5.41) is 15.3. The third-order valence-electron chi connectivity index (χ3n) is 2.96. The maximum atomic E-state index is 11.9. The summed E-state index contributed by atoms with van der Waals surface area (Å²) in [4.78, 5) is 11.9. The van der Waals surface area contributed by atoms with Gasteiger partial charge in [-0.2, -0.15) is 0 Å². The van der Waals surface area contributed by atoms with E-state index in [1.54, 1.807) is 0 Å². The number of fused-ring (bicyclic) bond motifs is 1. The summed E-state index contributed by atoms with van der Waals surface area (Å²) >= 11 is 0. The van der Waals surface area contributed by atoms with Crippen LogP contribution in [0.25, 0.3) is 0 Å². The van der Waals surface area contributed by atoms with Gasteiger partial charge < -0.3 is 20.5 Å². The number of nitrogens with one attached hydrogen (secondary N) is 2. The topological polar surface area (TPSA) is 70.6 Å². The van der Waals surface area contributed by atoms with E-state index in [0.29, 0.717) is 6.42 Å².